The quantitative estimate of drug-likeness (QED) is 0.663. The van der Waals surface area contributed by atoms with Gasteiger partial charge < -0.3 is 19.5 Å². The van der Waals surface area contributed by atoms with Crippen LogP contribution in [0.5, 0.6) is 11.5 Å². The number of hydrogen-bond acceptors (Lipinski definition) is 4. The van der Waals surface area contributed by atoms with Crippen molar-refractivity contribution in [1.29, 1.82) is 0 Å². The normalized spacial score (nSPS) is 18.1. The predicted octanol–water partition coefficient (Wildman–Crippen LogP) is 4.60. The third kappa shape index (κ3) is 4.01. The molecular weight excluding hydrogens is 439 g/mol. The van der Waals surface area contributed by atoms with Gasteiger partial charge in [-0.05, 0) is 25.1 Å². The maximum Gasteiger partial charge on any atom is 0.407 e. The van der Waals surface area contributed by atoms with Crippen LogP contribution in [0.25, 0.3) is 11.1 Å². The van der Waals surface area contributed by atoms with E-state index in [0.717, 1.165) is 11.1 Å². The Morgan fingerprint density at radius 3 is 2.81 bits per heavy atom. The molecule has 31 heavy (non-hydrogen) atoms. The molecule has 2 aromatic rings. The summed E-state index contributed by atoms with van der Waals surface area (Å²) in [6.07, 6.45) is -0.909. The van der Waals surface area contributed by atoms with E-state index >= 15 is 0 Å². The maximum absolute atomic E-state index is 11.4. The molecular formula is C23H22Cl2N2O4. The smallest absolute Gasteiger partial charge is 0.407 e. The Kier molecular flexibility index (Phi) is 6.19. The van der Waals surface area contributed by atoms with Crippen molar-refractivity contribution in [2.45, 2.75) is 19.5 Å². The van der Waals surface area contributed by atoms with Gasteiger partial charge in [0.25, 0.3) is 0 Å². The van der Waals surface area contributed by atoms with Crippen LogP contribution in [-0.2, 0) is 6.54 Å². The van der Waals surface area contributed by atoms with Crippen LogP contribution >= 0.6 is 23.2 Å². The molecule has 1 amide bonds. The van der Waals surface area contributed by atoms with Crippen LogP contribution in [0.2, 0.25) is 10.0 Å². The minimum Gasteiger partial charge on any atom is -0.496 e. The van der Waals surface area contributed by atoms with Crippen LogP contribution in [0.1, 0.15) is 18.1 Å². The summed E-state index contributed by atoms with van der Waals surface area (Å²) in [5, 5.41) is 10.3. The van der Waals surface area contributed by atoms with Crippen LogP contribution in [-0.4, -0.2) is 60.4 Å². The Morgan fingerprint density at radius 1 is 1.29 bits per heavy atom. The summed E-state index contributed by atoms with van der Waals surface area (Å²) >= 11 is 13.5. The molecule has 1 saturated heterocycles. The lowest BCUT2D eigenvalue weighted by Crippen LogP contribution is -2.55. The molecule has 4 rings (SSSR count). The van der Waals surface area contributed by atoms with E-state index in [-0.39, 0.29) is 6.04 Å². The van der Waals surface area contributed by atoms with E-state index in [1.54, 1.807) is 20.1 Å². The van der Waals surface area contributed by atoms with Gasteiger partial charge in [-0.1, -0.05) is 35.2 Å². The van der Waals surface area contributed by atoms with Crippen molar-refractivity contribution in [2.24, 2.45) is 0 Å². The van der Waals surface area contributed by atoms with Crippen molar-refractivity contribution in [2.75, 3.05) is 33.4 Å². The fourth-order valence-electron chi connectivity index (χ4n) is 4.18. The molecule has 0 bridgehead atoms. The first-order valence-electron chi connectivity index (χ1n) is 9.90. The van der Waals surface area contributed by atoms with Gasteiger partial charge in [0.1, 0.15) is 18.1 Å². The summed E-state index contributed by atoms with van der Waals surface area (Å²) in [5.41, 5.74) is 3.00. The lowest BCUT2D eigenvalue weighted by atomic mass is 9.95. The number of piperazine rings is 1. The minimum atomic E-state index is -0.909. The lowest BCUT2D eigenvalue weighted by molar-refractivity contribution is 0.0503. The molecule has 162 valence electrons. The van der Waals surface area contributed by atoms with Crippen LogP contribution in [0, 0.1) is 11.8 Å². The van der Waals surface area contributed by atoms with E-state index in [0.29, 0.717) is 65.5 Å². The summed E-state index contributed by atoms with van der Waals surface area (Å²) in [6.45, 7) is 4.20. The van der Waals surface area contributed by atoms with Gasteiger partial charge in [0.2, 0.25) is 0 Å². The Morgan fingerprint density at radius 2 is 2.10 bits per heavy atom. The molecule has 0 saturated carbocycles. The number of amides is 1. The van der Waals surface area contributed by atoms with Gasteiger partial charge in [0.15, 0.2) is 0 Å². The second-order valence-electron chi connectivity index (χ2n) is 7.46. The van der Waals surface area contributed by atoms with Crippen molar-refractivity contribution in [3.63, 3.8) is 0 Å². The summed E-state index contributed by atoms with van der Waals surface area (Å²) in [6, 6.07) is 7.37. The van der Waals surface area contributed by atoms with E-state index in [1.807, 2.05) is 18.2 Å². The first kappa shape index (κ1) is 21.6. The monoisotopic (exact) mass is 460 g/mol. The van der Waals surface area contributed by atoms with Crippen molar-refractivity contribution >= 4 is 29.3 Å². The first-order chi connectivity index (χ1) is 14.9. The van der Waals surface area contributed by atoms with Crippen molar-refractivity contribution in [1.82, 2.24) is 9.80 Å². The average Bonchev–Trinajstić information content (AvgIpc) is 2.93. The summed E-state index contributed by atoms with van der Waals surface area (Å²) < 4.78 is 11.7. The number of carbonyl (C=O) groups is 1. The molecule has 8 heteroatoms. The fraction of sp³-hybridized carbons (Fsp3) is 0.348. The number of ether oxygens (including phenoxy) is 2. The van der Waals surface area contributed by atoms with Crippen LogP contribution < -0.4 is 9.47 Å². The molecule has 2 aromatic carbocycles. The molecule has 0 unspecified atom stereocenters. The molecule has 0 aliphatic carbocycles. The molecule has 0 spiro atoms. The third-order valence-electron chi connectivity index (χ3n) is 5.67. The Bertz CT molecular complexity index is 1090. The molecule has 6 nitrogen and oxygen atoms in total. The zero-order chi connectivity index (χ0) is 22.1. The van der Waals surface area contributed by atoms with Gasteiger partial charge in [-0.15, -0.1) is 5.92 Å². The van der Waals surface area contributed by atoms with E-state index < -0.39 is 6.09 Å². The van der Waals surface area contributed by atoms with E-state index in [1.165, 1.54) is 4.90 Å². The number of methoxy groups -OCH3 is 1. The average molecular weight is 461 g/mol. The Hall–Kier alpha value is -2.59. The maximum atomic E-state index is 11.4. The van der Waals surface area contributed by atoms with E-state index in [9.17, 15) is 9.90 Å². The van der Waals surface area contributed by atoms with Gasteiger partial charge >= 0.3 is 6.09 Å². The van der Waals surface area contributed by atoms with Crippen molar-refractivity contribution in [3.8, 4) is 34.5 Å². The number of halogens is 2. The minimum absolute atomic E-state index is 0.0488. The number of carboxylic acid groups (broad SMARTS) is 1. The largest absolute Gasteiger partial charge is 0.496 e. The number of nitrogens with zero attached hydrogens (tertiary/aromatic N) is 2. The van der Waals surface area contributed by atoms with Gasteiger partial charge in [0.05, 0.1) is 23.2 Å². The second kappa shape index (κ2) is 8.88. The highest BCUT2D eigenvalue weighted by atomic mass is 35.5. The van der Waals surface area contributed by atoms with Crippen molar-refractivity contribution in [3.05, 3.63) is 45.4 Å². The first-order valence-corrected chi connectivity index (χ1v) is 10.7. The number of benzene rings is 2. The van der Waals surface area contributed by atoms with Gasteiger partial charge in [-0.3, -0.25) is 4.90 Å². The second-order valence-corrected chi connectivity index (χ2v) is 8.24. The highest BCUT2D eigenvalue weighted by Gasteiger charge is 2.34. The summed E-state index contributed by atoms with van der Waals surface area (Å²) in [4.78, 5) is 15.1. The van der Waals surface area contributed by atoms with Gasteiger partial charge in [-0.2, -0.15) is 0 Å². The van der Waals surface area contributed by atoms with Crippen LogP contribution in [0.4, 0.5) is 4.79 Å². The van der Waals surface area contributed by atoms with Crippen LogP contribution in [0.15, 0.2) is 24.3 Å². The molecule has 0 radical (unpaired) electrons. The molecule has 0 aromatic heterocycles. The highest BCUT2D eigenvalue weighted by Crippen LogP contribution is 2.47. The molecule has 2 aliphatic rings. The predicted molar refractivity (Wildman–Crippen MR) is 120 cm³/mol. The summed E-state index contributed by atoms with van der Waals surface area (Å²) in [7, 11) is 1.58. The van der Waals surface area contributed by atoms with Gasteiger partial charge in [0, 0.05) is 48.4 Å². The topological polar surface area (TPSA) is 62.2 Å². The molecule has 2 aliphatic heterocycles. The zero-order valence-corrected chi connectivity index (χ0v) is 18.8. The SMILES string of the molecule is CC#Cc1cc2c(c(Cl)c1-c1c(Cl)cccc1OC)OC[C@H]1CN(C(=O)O)CCN1C2. The number of hydrogen-bond donors (Lipinski definition) is 1. The fourth-order valence-corrected chi connectivity index (χ4v) is 4.82. The molecule has 1 atom stereocenters. The van der Waals surface area contributed by atoms with Crippen LogP contribution in [0.3, 0.4) is 0 Å². The van der Waals surface area contributed by atoms with E-state index in [4.69, 9.17) is 32.7 Å². The van der Waals surface area contributed by atoms with Crippen molar-refractivity contribution < 1.29 is 19.4 Å². The Balaban J connectivity index is 1.82. The molecule has 2 heterocycles. The summed E-state index contributed by atoms with van der Waals surface area (Å²) in [5.74, 6) is 7.28. The lowest BCUT2D eigenvalue weighted by Gasteiger charge is -2.38. The zero-order valence-electron chi connectivity index (χ0n) is 17.2. The number of fused-ring (bicyclic) bond motifs is 2. The highest BCUT2D eigenvalue weighted by molar-refractivity contribution is 6.38. The molecule has 1 N–H and O–H groups in total. The van der Waals surface area contributed by atoms with E-state index in [2.05, 4.69) is 16.7 Å². The van der Waals surface area contributed by atoms with Gasteiger partial charge in [-0.25, -0.2) is 4.79 Å². The standard InChI is InChI=1S/C23H22Cl2N2O4/c1-3-5-14-10-15-11-26-8-9-27(23(28)29)12-16(26)13-31-22(15)21(25)19(14)20-17(24)6-4-7-18(20)30-2/h4,6-7,10,16H,8-9,11-13H2,1-2H3,(H,28,29)/t16-/m1/s1. The molecule has 1 fully saturated rings. The Labute approximate surface area is 191 Å². The number of rotatable bonds is 2. The third-order valence-corrected chi connectivity index (χ3v) is 6.35.